The molecule has 0 amide bonds. The van der Waals surface area contributed by atoms with E-state index in [9.17, 15) is 0 Å². The van der Waals surface area contributed by atoms with E-state index in [2.05, 4.69) is 16.7 Å². The van der Waals surface area contributed by atoms with Crippen molar-refractivity contribution < 1.29 is 28.4 Å². The maximum absolute atomic E-state index is 6.53. The minimum Gasteiger partial charge on any atom is -0.371 e. The van der Waals surface area contributed by atoms with Gasteiger partial charge in [0.1, 0.15) is 29.9 Å². The fourth-order valence-electron chi connectivity index (χ4n) is 5.76. The van der Waals surface area contributed by atoms with Crippen LogP contribution in [0.25, 0.3) is 33.1 Å². The molecule has 9 heteroatoms. The zero-order valence-electron chi connectivity index (χ0n) is 21.4. The predicted molar refractivity (Wildman–Crippen MR) is 136 cm³/mol. The normalized spacial score (nSPS) is 30.5. The molecule has 3 saturated heterocycles. The standard InChI is InChI=1S/C28H31N3O6/c1-27(2)33-15-20(35-27)22-23(24-26(34-22)37-28(3,4)36-24)32-14-13-31-19-12-8-5-9-16(19)21-25(31)30-18-11-7-6-10-17(18)29-21/h5-12,20,22-24,26H,13-15H2,1-4H3. The van der Waals surface area contributed by atoms with Crippen molar-refractivity contribution in [2.75, 3.05) is 13.2 Å². The average Bonchev–Trinajstić information content (AvgIpc) is 3.57. The van der Waals surface area contributed by atoms with Gasteiger partial charge in [0.25, 0.3) is 0 Å². The van der Waals surface area contributed by atoms with Gasteiger partial charge < -0.3 is 33.0 Å². The molecule has 0 N–H and O–H groups in total. The number of hydrogen-bond acceptors (Lipinski definition) is 8. The van der Waals surface area contributed by atoms with Crippen molar-refractivity contribution in [2.24, 2.45) is 0 Å². The number of aromatic nitrogens is 3. The quantitative estimate of drug-likeness (QED) is 0.400. The molecule has 0 spiro atoms. The van der Waals surface area contributed by atoms with Crippen LogP contribution in [0.15, 0.2) is 48.5 Å². The fraction of sp³-hybridized carbons (Fsp3) is 0.500. The number of rotatable bonds is 5. The fourth-order valence-corrected chi connectivity index (χ4v) is 5.76. The first-order valence-corrected chi connectivity index (χ1v) is 12.9. The predicted octanol–water partition coefficient (Wildman–Crippen LogP) is 4.15. The minimum atomic E-state index is -0.738. The molecular weight excluding hydrogens is 474 g/mol. The van der Waals surface area contributed by atoms with Gasteiger partial charge in [0.05, 0.1) is 29.8 Å². The molecule has 4 aromatic rings. The van der Waals surface area contributed by atoms with Gasteiger partial charge in [-0.05, 0) is 45.9 Å². The van der Waals surface area contributed by atoms with Crippen molar-refractivity contribution in [1.29, 1.82) is 0 Å². The summed E-state index contributed by atoms with van der Waals surface area (Å²) >= 11 is 0. The van der Waals surface area contributed by atoms with Gasteiger partial charge in [0, 0.05) is 11.9 Å². The summed E-state index contributed by atoms with van der Waals surface area (Å²) in [6, 6.07) is 16.2. The molecule has 5 heterocycles. The molecule has 194 valence electrons. The van der Waals surface area contributed by atoms with Gasteiger partial charge in [-0.1, -0.05) is 30.3 Å². The van der Waals surface area contributed by atoms with Crippen molar-refractivity contribution in [1.82, 2.24) is 14.5 Å². The Hall–Kier alpha value is -2.66. The number of benzene rings is 2. The summed E-state index contributed by atoms with van der Waals surface area (Å²) in [5, 5.41) is 1.07. The van der Waals surface area contributed by atoms with Gasteiger partial charge in [0.2, 0.25) is 0 Å². The van der Waals surface area contributed by atoms with Crippen molar-refractivity contribution in [3.63, 3.8) is 0 Å². The summed E-state index contributed by atoms with van der Waals surface area (Å²) in [6.07, 6.45) is -1.87. The van der Waals surface area contributed by atoms with Crippen LogP contribution in [0.4, 0.5) is 0 Å². The van der Waals surface area contributed by atoms with E-state index in [1.807, 2.05) is 64.1 Å². The average molecular weight is 506 g/mol. The molecule has 5 unspecified atom stereocenters. The van der Waals surface area contributed by atoms with Gasteiger partial charge in [-0.3, -0.25) is 0 Å². The molecule has 0 bridgehead atoms. The first-order valence-electron chi connectivity index (χ1n) is 12.9. The SMILES string of the molecule is CC1(C)OCC(C2OC3OC(C)(C)OC3C2OCCn2c3ccccc3c3nc4ccccc4nc32)O1. The Balaban J connectivity index is 1.18. The zero-order chi connectivity index (χ0) is 25.4. The van der Waals surface area contributed by atoms with Crippen LogP contribution in [0.2, 0.25) is 0 Å². The number of fused-ring (bicyclic) bond motifs is 5. The van der Waals surface area contributed by atoms with Crippen LogP contribution in [0, 0.1) is 0 Å². The second kappa shape index (κ2) is 8.42. The van der Waals surface area contributed by atoms with Gasteiger partial charge in [-0.2, -0.15) is 0 Å². The van der Waals surface area contributed by atoms with Crippen LogP contribution in [0.5, 0.6) is 0 Å². The lowest BCUT2D eigenvalue weighted by molar-refractivity contribution is -0.236. The van der Waals surface area contributed by atoms with E-state index in [1.54, 1.807) is 0 Å². The Kier molecular flexibility index (Phi) is 5.34. The molecule has 2 aromatic carbocycles. The largest absolute Gasteiger partial charge is 0.371 e. The lowest BCUT2D eigenvalue weighted by Gasteiger charge is -2.29. The van der Waals surface area contributed by atoms with Gasteiger partial charge in [0.15, 0.2) is 23.5 Å². The summed E-state index contributed by atoms with van der Waals surface area (Å²) in [4.78, 5) is 9.91. The highest BCUT2D eigenvalue weighted by atomic mass is 16.8. The molecule has 3 aliphatic heterocycles. The van der Waals surface area contributed by atoms with E-state index in [0.717, 1.165) is 33.1 Å². The van der Waals surface area contributed by atoms with E-state index in [0.29, 0.717) is 19.8 Å². The first-order chi connectivity index (χ1) is 17.8. The third kappa shape index (κ3) is 4.01. The van der Waals surface area contributed by atoms with Crippen molar-refractivity contribution >= 4 is 33.1 Å². The molecule has 5 atom stereocenters. The Morgan fingerprint density at radius 3 is 2.43 bits per heavy atom. The highest BCUT2D eigenvalue weighted by Gasteiger charge is 2.58. The summed E-state index contributed by atoms with van der Waals surface area (Å²) in [6.45, 7) is 9.03. The van der Waals surface area contributed by atoms with Crippen LogP contribution in [-0.4, -0.2) is 70.0 Å². The molecule has 7 rings (SSSR count). The second-order valence-electron chi connectivity index (χ2n) is 10.8. The number of ether oxygens (including phenoxy) is 6. The number of nitrogens with zero attached hydrogens (tertiary/aromatic N) is 3. The number of para-hydroxylation sites is 3. The minimum absolute atomic E-state index is 0.272. The Bertz CT molecular complexity index is 1480. The van der Waals surface area contributed by atoms with Crippen molar-refractivity contribution in [3.8, 4) is 0 Å². The topological polar surface area (TPSA) is 86.1 Å². The molecule has 0 aliphatic carbocycles. The van der Waals surface area contributed by atoms with Gasteiger partial charge in [-0.15, -0.1) is 0 Å². The van der Waals surface area contributed by atoms with Crippen LogP contribution in [0.3, 0.4) is 0 Å². The smallest absolute Gasteiger partial charge is 0.190 e. The molecule has 3 fully saturated rings. The Morgan fingerprint density at radius 1 is 0.892 bits per heavy atom. The second-order valence-corrected chi connectivity index (χ2v) is 10.8. The number of hydrogen-bond donors (Lipinski definition) is 0. The monoisotopic (exact) mass is 505 g/mol. The van der Waals surface area contributed by atoms with Crippen LogP contribution in [-0.2, 0) is 35.0 Å². The highest BCUT2D eigenvalue weighted by molar-refractivity contribution is 6.06. The maximum Gasteiger partial charge on any atom is 0.190 e. The molecular formula is C28H31N3O6. The summed E-state index contributed by atoms with van der Waals surface area (Å²) in [5.41, 5.74) is 4.56. The van der Waals surface area contributed by atoms with Crippen LogP contribution in [0.1, 0.15) is 27.7 Å². The zero-order valence-corrected chi connectivity index (χ0v) is 21.4. The summed E-state index contributed by atoms with van der Waals surface area (Å²) in [5.74, 6) is -1.40. The van der Waals surface area contributed by atoms with Gasteiger partial charge >= 0.3 is 0 Å². The first kappa shape index (κ1) is 23.5. The molecule has 0 radical (unpaired) electrons. The molecule has 37 heavy (non-hydrogen) atoms. The van der Waals surface area contributed by atoms with E-state index in [1.165, 1.54) is 0 Å². The van der Waals surface area contributed by atoms with Crippen LogP contribution >= 0.6 is 0 Å². The van der Waals surface area contributed by atoms with E-state index < -0.39 is 17.9 Å². The molecule has 2 aromatic heterocycles. The Labute approximate surface area is 214 Å². The molecule has 3 aliphatic rings. The Morgan fingerprint density at radius 2 is 1.65 bits per heavy atom. The molecule has 9 nitrogen and oxygen atoms in total. The molecule has 0 saturated carbocycles. The third-order valence-electron chi connectivity index (χ3n) is 7.31. The third-order valence-corrected chi connectivity index (χ3v) is 7.31. The summed E-state index contributed by atoms with van der Waals surface area (Å²) in [7, 11) is 0. The van der Waals surface area contributed by atoms with E-state index in [4.69, 9.17) is 38.4 Å². The lowest BCUT2D eigenvalue weighted by atomic mass is 10.1. The van der Waals surface area contributed by atoms with E-state index in [-0.39, 0.29) is 24.4 Å². The van der Waals surface area contributed by atoms with Crippen molar-refractivity contribution in [3.05, 3.63) is 48.5 Å². The summed E-state index contributed by atoms with van der Waals surface area (Å²) < 4.78 is 39.1. The highest BCUT2D eigenvalue weighted by Crippen LogP contribution is 2.42. The van der Waals surface area contributed by atoms with Crippen molar-refractivity contribution in [2.45, 2.75) is 76.5 Å². The maximum atomic E-state index is 6.53. The van der Waals surface area contributed by atoms with Gasteiger partial charge in [-0.25, -0.2) is 9.97 Å². The van der Waals surface area contributed by atoms with E-state index >= 15 is 0 Å². The van der Waals surface area contributed by atoms with Crippen LogP contribution < -0.4 is 0 Å². The lowest BCUT2D eigenvalue weighted by Crippen LogP contribution is -2.44.